The number of carbonyl (C=O) groups excluding carboxylic acids is 1. The van der Waals surface area contributed by atoms with Crippen LogP contribution in [0.15, 0.2) is 42.5 Å². The van der Waals surface area contributed by atoms with Crippen LogP contribution in [0, 0.1) is 5.82 Å². The van der Waals surface area contributed by atoms with E-state index in [-0.39, 0.29) is 17.7 Å². The summed E-state index contributed by atoms with van der Waals surface area (Å²) in [5, 5.41) is 0. The molecule has 2 aromatic rings. The summed E-state index contributed by atoms with van der Waals surface area (Å²) in [4.78, 5) is 14.2. The highest BCUT2D eigenvalue weighted by molar-refractivity contribution is 5.73. The van der Waals surface area contributed by atoms with Gasteiger partial charge < -0.3 is 15.4 Å². The van der Waals surface area contributed by atoms with Gasteiger partial charge in [0.1, 0.15) is 5.82 Å². The zero-order valence-electron chi connectivity index (χ0n) is 17.8. The monoisotopic (exact) mass is 410 g/mol. The largest absolute Gasteiger partial charge is 0.469 e. The lowest BCUT2D eigenvalue weighted by Gasteiger charge is -2.41. The van der Waals surface area contributed by atoms with Crippen molar-refractivity contribution in [3.63, 3.8) is 0 Å². The summed E-state index contributed by atoms with van der Waals surface area (Å²) in [7, 11) is 1.43. The standard InChI is InChI=1S/C25H31FN2O2/c1-3-16(15-25(29)30-2)18-6-11-24(23(27)14-18)28-21-9-10-22(28)13-19(12-21)17-4-7-20(26)8-5-17/h4-8,11,14,16,19,21-22H,3,9-10,12-13,15,27H2,1-2H3/t16-,19?,21?,22?/m0/s1. The number of halogens is 1. The number of benzene rings is 2. The van der Waals surface area contributed by atoms with Gasteiger partial charge in [-0.25, -0.2) is 4.39 Å². The van der Waals surface area contributed by atoms with Gasteiger partial charge in [0.15, 0.2) is 0 Å². The van der Waals surface area contributed by atoms with E-state index in [4.69, 9.17) is 10.5 Å². The van der Waals surface area contributed by atoms with Gasteiger partial charge in [-0.1, -0.05) is 25.1 Å². The number of nitrogen functional groups attached to an aromatic ring is 1. The minimum absolute atomic E-state index is 0.120. The number of ether oxygens (including phenoxy) is 1. The van der Waals surface area contributed by atoms with Crippen LogP contribution in [-0.4, -0.2) is 25.2 Å². The van der Waals surface area contributed by atoms with Crippen molar-refractivity contribution in [2.24, 2.45) is 0 Å². The van der Waals surface area contributed by atoms with Crippen molar-refractivity contribution in [1.82, 2.24) is 0 Å². The molecule has 0 saturated carbocycles. The van der Waals surface area contributed by atoms with Gasteiger partial charge in [-0.3, -0.25) is 4.79 Å². The second-order valence-electron chi connectivity index (χ2n) is 8.72. The topological polar surface area (TPSA) is 55.6 Å². The third-order valence-corrected chi connectivity index (χ3v) is 7.01. The third-order valence-electron chi connectivity index (χ3n) is 7.01. The number of nitrogens with two attached hydrogens (primary N) is 1. The Morgan fingerprint density at radius 2 is 1.83 bits per heavy atom. The van der Waals surface area contributed by atoms with E-state index in [2.05, 4.69) is 24.0 Å². The number of anilines is 2. The summed E-state index contributed by atoms with van der Waals surface area (Å²) in [6.45, 7) is 2.08. The van der Waals surface area contributed by atoms with E-state index >= 15 is 0 Å². The Morgan fingerprint density at radius 1 is 1.17 bits per heavy atom. The first-order valence-electron chi connectivity index (χ1n) is 11.0. The second-order valence-corrected chi connectivity index (χ2v) is 8.72. The van der Waals surface area contributed by atoms with Crippen LogP contribution in [0.25, 0.3) is 0 Å². The summed E-state index contributed by atoms with van der Waals surface area (Å²) >= 11 is 0. The summed E-state index contributed by atoms with van der Waals surface area (Å²) in [6.07, 6.45) is 5.72. The minimum Gasteiger partial charge on any atom is -0.469 e. The maximum Gasteiger partial charge on any atom is 0.306 e. The zero-order chi connectivity index (χ0) is 21.3. The van der Waals surface area contributed by atoms with Crippen molar-refractivity contribution in [2.75, 3.05) is 17.7 Å². The maximum absolute atomic E-state index is 13.3. The molecule has 2 bridgehead atoms. The second kappa shape index (κ2) is 8.66. The number of methoxy groups -OCH3 is 1. The Kier molecular flexibility index (Phi) is 5.98. The molecule has 5 heteroatoms. The lowest BCUT2D eigenvalue weighted by Crippen LogP contribution is -2.42. The highest BCUT2D eigenvalue weighted by Gasteiger charge is 2.41. The summed E-state index contributed by atoms with van der Waals surface area (Å²) in [6, 6.07) is 14.2. The van der Waals surface area contributed by atoms with Crippen LogP contribution in [0.3, 0.4) is 0 Å². The molecule has 160 valence electrons. The number of esters is 1. The molecule has 2 heterocycles. The van der Waals surface area contributed by atoms with E-state index in [1.54, 1.807) is 12.1 Å². The fourth-order valence-corrected chi connectivity index (χ4v) is 5.42. The number of nitrogens with zero attached hydrogens (tertiary/aromatic N) is 1. The van der Waals surface area contributed by atoms with Crippen molar-refractivity contribution >= 4 is 17.3 Å². The fourth-order valence-electron chi connectivity index (χ4n) is 5.42. The van der Waals surface area contributed by atoms with Crippen LogP contribution < -0.4 is 10.6 Å². The molecule has 2 aromatic carbocycles. The third kappa shape index (κ3) is 4.03. The first-order chi connectivity index (χ1) is 14.5. The molecular weight excluding hydrogens is 379 g/mol. The molecule has 4 rings (SSSR count). The predicted octanol–water partition coefficient (Wildman–Crippen LogP) is 5.38. The van der Waals surface area contributed by atoms with E-state index in [0.29, 0.717) is 24.4 Å². The first kappa shape index (κ1) is 20.7. The molecule has 0 amide bonds. The van der Waals surface area contributed by atoms with Gasteiger partial charge in [0, 0.05) is 12.1 Å². The van der Waals surface area contributed by atoms with Gasteiger partial charge >= 0.3 is 5.97 Å². The SMILES string of the molecule is CC[C@@H](CC(=O)OC)c1ccc(N2C3CCC2CC(c2ccc(F)cc2)C3)c(N)c1. The highest BCUT2D eigenvalue weighted by Crippen LogP contribution is 2.47. The Labute approximate surface area is 178 Å². The molecule has 0 radical (unpaired) electrons. The van der Waals surface area contributed by atoms with Crippen molar-refractivity contribution in [3.8, 4) is 0 Å². The quantitative estimate of drug-likeness (QED) is 0.513. The van der Waals surface area contributed by atoms with Crippen LogP contribution >= 0.6 is 0 Å². The van der Waals surface area contributed by atoms with Crippen molar-refractivity contribution in [2.45, 2.75) is 69.4 Å². The first-order valence-corrected chi connectivity index (χ1v) is 11.0. The van der Waals surface area contributed by atoms with E-state index in [1.807, 2.05) is 18.2 Å². The molecule has 0 aliphatic carbocycles. The van der Waals surface area contributed by atoms with Crippen LogP contribution in [0.2, 0.25) is 0 Å². The van der Waals surface area contributed by atoms with Gasteiger partial charge in [0.2, 0.25) is 0 Å². The number of hydrogen-bond acceptors (Lipinski definition) is 4. The van der Waals surface area contributed by atoms with Crippen LogP contribution in [-0.2, 0) is 9.53 Å². The smallest absolute Gasteiger partial charge is 0.306 e. The van der Waals surface area contributed by atoms with Gasteiger partial charge in [-0.15, -0.1) is 0 Å². The fraction of sp³-hybridized carbons (Fsp3) is 0.480. The van der Waals surface area contributed by atoms with Gasteiger partial charge in [0.05, 0.1) is 24.9 Å². The molecule has 2 unspecified atom stereocenters. The average molecular weight is 411 g/mol. The predicted molar refractivity (Wildman–Crippen MR) is 118 cm³/mol. The molecule has 4 nitrogen and oxygen atoms in total. The van der Waals surface area contributed by atoms with Crippen molar-refractivity contribution in [3.05, 3.63) is 59.4 Å². The normalized spacial score (nSPS) is 24.0. The zero-order valence-corrected chi connectivity index (χ0v) is 17.8. The Balaban J connectivity index is 1.52. The van der Waals surface area contributed by atoms with Crippen LogP contribution in [0.5, 0.6) is 0 Å². The molecule has 3 atom stereocenters. The number of rotatable bonds is 6. The van der Waals surface area contributed by atoms with Gasteiger partial charge in [-0.05, 0) is 79.3 Å². The number of carbonyl (C=O) groups is 1. The molecule has 2 fully saturated rings. The summed E-state index contributed by atoms with van der Waals surface area (Å²) in [5.74, 6) is 0.231. The Bertz CT molecular complexity index is 885. The minimum atomic E-state index is -0.189. The van der Waals surface area contributed by atoms with E-state index < -0.39 is 0 Å². The number of fused-ring (bicyclic) bond motifs is 2. The van der Waals surface area contributed by atoms with Crippen LogP contribution in [0.4, 0.5) is 15.8 Å². The lowest BCUT2D eigenvalue weighted by molar-refractivity contribution is -0.141. The molecule has 2 aliphatic heterocycles. The van der Waals surface area contributed by atoms with E-state index in [0.717, 1.165) is 36.2 Å². The van der Waals surface area contributed by atoms with Crippen molar-refractivity contribution in [1.29, 1.82) is 0 Å². The maximum atomic E-state index is 13.3. The molecule has 2 aliphatic rings. The summed E-state index contributed by atoms with van der Waals surface area (Å²) in [5.41, 5.74) is 10.8. The molecule has 30 heavy (non-hydrogen) atoms. The van der Waals surface area contributed by atoms with E-state index in [9.17, 15) is 9.18 Å². The summed E-state index contributed by atoms with van der Waals surface area (Å²) < 4.78 is 18.1. The highest BCUT2D eigenvalue weighted by atomic mass is 19.1. The van der Waals surface area contributed by atoms with E-state index in [1.165, 1.54) is 25.5 Å². The number of piperidine rings is 1. The lowest BCUT2D eigenvalue weighted by atomic mass is 9.84. The number of hydrogen-bond donors (Lipinski definition) is 1. The molecular formula is C25H31FN2O2. The molecule has 2 saturated heterocycles. The van der Waals surface area contributed by atoms with Crippen LogP contribution in [0.1, 0.15) is 68.4 Å². The average Bonchev–Trinajstić information content (AvgIpc) is 3.00. The van der Waals surface area contributed by atoms with Gasteiger partial charge in [0.25, 0.3) is 0 Å². The Hall–Kier alpha value is -2.56. The molecule has 0 aromatic heterocycles. The molecule has 0 spiro atoms. The van der Waals surface area contributed by atoms with Gasteiger partial charge in [-0.2, -0.15) is 0 Å². The Morgan fingerprint density at radius 3 is 2.40 bits per heavy atom. The van der Waals surface area contributed by atoms with Crippen molar-refractivity contribution < 1.29 is 13.9 Å². The molecule has 2 N–H and O–H groups in total.